The first kappa shape index (κ1) is 25.5. The summed E-state index contributed by atoms with van der Waals surface area (Å²) >= 11 is -4.46. The first-order valence-corrected chi connectivity index (χ1v) is 29.4. The molecule has 3 aromatic carbocycles. The Morgan fingerprint density at radius 1 is 0.857 bits per heavy atom. The molecule has 35 heavy (non-hydrogen) atoms. The average Bonchev–Trinajstić information content (AvgIpc) is 3.47. The molecule has 0 aromatic heterocycles. The van der Waals surface area contributed by atoms with Crippen LogP contribution in [0.1, 0.15) is 61.8 Å². The Labute approximate surface area is 219 Å². The molecule has 181 valence electrons. The van der Waals surface area contributed by atoms with Crippen LogP contribution >= 0.6 is 17.0 Å². The van der Waals surface area contributed by atoms with Crippen LogP contribution in [0.5, 0.6) is 0 Å². The third kappa shape index (κ3) is 4.04. The normalized spacial score (nSPS) is 19.9. The molecule has 0 bridgehead atoms. The third-order valence-electron chi connectivity index (χ3n) is 8.41. The molecule has 4 heteroatoms. The van der Waals surface area contributed by atoms with Crippen molar-refractivity contribution in [1.82, 2.24) is 0 Å². The molecule has 2 aliphatic carbocycles. The molecule has 0 fully saturated rings. The van der Waals surface area contributed by atoms with Gasteiger partial charge in [0, 0.05) is 0 Å². The Bertz CT molecular complexity index is 1320. The topological polar surface area (TPSA) is 0 Å². The van der Waals surface area contributed by atoms with Crippen molar-refractivity contribution < 1.29 is 15.6 Å². The van der Waals surface area contributed by atoms with E-state index in [1.165, 1.54) is 50.9 Å². The van der Waals surface area contributed by atoms with E-state index in [2.05, 4.69) is 112 Å². The maximum absolute atomic E-state index is 8.17. The molecule has 0 aliphatic heterocycles. The molecular formula is C31H35Cl2SiZr. The Morgan fingerprint density at radius 2 is 1.57 bits per heavy atom. The average molecular weight is 598 g/mol. The zero-order valence-electron chi connectivity index (χ0n) is 21.2. The molecule has 0 amide bonds. The monoisotopic (exact) mass is 595 g/mol. The molecule has 0 radical (unpaired) electrons. The molecule has 2 unspecified atom stereocenters. The first-order valence-electron chi connectivity index (χ1n) is 13.1. The van der Waals surface area contributed by atoms with Gasteiger partial charge < -0.3 is 0 Å². The Hall–Kier alpha value is -1.18. The molecule has 0 saturated heterocycles. The van der Waals surface area contributed by atoms with Gasteiger partial charge in [-0.1, -0.05) is 0 Å². The standard InChI is InChI=1S/C20H21.C9H7.C2H7Si.2ClH.Zr/c1-3-6-16-9-11-17(12-10-16)19-8-5-7-18-13-15(4-2)14-20(18)19;1-2-5-9-7-3-6-8(9)4-1;1-3-2;;;/h5,7-14H,3-4,6H2,1-2H3;1-7H;3H,1-2H3;2*1H;/q;;;;;+2/p-2. The number of fused-ring (bicyclic) bond motifs is 2. The maximum atomic E-state index is 8.17. The summed E-state index contributed by atoms with van der Waals surface area (Å²) in [5, 5.41) is 0. The van der Waals surface area contributed by atoms with Crippen LogP contribution in [0.3, 0.4) is 0 Å². The molecule has 0 heterocycles. The molecule has 0 nitrogen and oxygen atoms in total. The van der Waals surface area contributed by atoms with Crippen LogP contribution < -0.4 is 0 Å². The predicted octanol–water partition coefficient (Wildman–Crippen LogP) is 9.90. The van der Waals surface area contributed by atoms with Gasteiger partial charge in [-0.15, -0.1) is 0 Å². The van der Waals surface area contributed by atoms with Crippen molar-refractivity contribution >= 4 is 35.1 Å². The third-order valence-corrected chi connectivity index (χ3v) is 60.4. The fourth-order valence-corrected chi connectivity index (χ4v) is 36.0. The quantitative estimate of drug-likeness (QED) is 0.238. The first-order chi connectivity index (χ1) is 16.8. The van der Waals surface area contributed by atoms with Crippen molar-refractivity contribution in [2.24, 2.45) is 0 Å². The fraction of sp³-hybridized carbons (Fsp3) is 0.290. The Morgan fingerprint density at radius 3 is 2.26 bits per heavy atom. The van der Waals surface area contributed by atoms with Crippen LogP contribution in [-0.2, 0) is 22.0 Å². The van der Waals surface area contributed by atoms with Crippen molar-refractivity contribution in [2.75, 3.05) is 0 Å². The summed E-state index contributed by atoms with van der Waals surface area (Å²) in [6.07, 6.45) is 10.3. The van der Waals surface area contributed by atoms with E-state index in [4.69, 9.17) is 17.0 Å². The zero-order chi connectivity index (χ0) is 24.8. The Balaban J connectivity index is 1.68. The van der Waals surface area contributed by atoms with Gasteiger partial charge in [-0.2, -0.15) is 0 Å². The van der Waals surface area contributed by atoms with Gasteiger partial charge in [-0.25, -0.2) is 0 Å². The van der Waals surface area contributed by atoms with Gasteiger partial charge in [0.05, 0.1) is 0 Å². The van der Waals surface area contributed by atoms with E-state index in [0.717, 1.165) is 12.8 Å². The Kier molecular flexibility index (Phi) is 6.99. The van der Waals surface area contributed by atoms with Crippen molar-refractivity contribution in [2.45, 2.75) is 53.5 Å². The number of benzene rings is 3. The number of hydrogen-bond donors (Lipinski definition) is 0. The van der Waals surface area contributed by atoms with Crippen LogP contribution in [0.2, 0.25) is 13.1 Å². The van der Waals surface area contributed by atoms with E-state index in [1.807, 2.05) is 0 Å². The van der Waals surface area contributed by atoms with Gasteiger partial charge in [0.1, 0.15) is 0 Å². The van der Waals surface area contributed by atoms with Gasteiger partial charge in [0.2, 0.25) is 0 Å². The van der Waals surface area contributed by atoms with E-state index in [0.29, 0.717) is 0 Å². The summed E-state index contributed by atoms with van der Waals surface area (Å²) in [7, 11) is 16.3. The second kappa shape index (κ2) is 9.60. The van der Waals surface area contributed by atoms with Crippen LogP contribution in [0, 0.1) is 0 Å². The number of allylic oxidation sites excluding steroid dienone is 2. The van der Waals surface area contributed by atoms with Gasteiger partial charge in [-0.05, 0) is 0 Å². The molecule has 3 aromatic rings. The zero-order valence-corrected chi connectivity index (χ0v) is 26.3. The van der Waals surface area contributed by atoms with Crippen molar-refractivity contribution in [1.29, 1.82) is 0 Å². The summed E-state index contributed by atoms with van der Waals surface area (Å²) in [6.45, 7) is 9.31. The molecule has 0 spiro atoms. The van der Waals surface area contributed by atoms with Crippen LogP contribution in [0.25, 0.3) is 23.3 Å². The van der Waals surface area contributed by atoms with Gasteiger partial charge in [-0.3, -0.25) is 0 Å². The molecule has 0 saturated carbocycles. The summed E-state index contributed by atoms with van der Waals surface area (Å²) in [5.41, 5.74) is 10.8. The van der Waals surface area contributed by atoms with E-state index >= 15 is 0 Å². The molecule has 2 aliphatic rings. The molecule has 2 atom stereocenters. The minimum absolute atomic E-state index is 0.172. The van der Waals surface area contributed by atoms with E-state index in [-0.39, 0.29) is 7.25 Å². The number of halogens is 2. The molecule has 0 N–H and O–H groups in total. The fourth-order valence-electron chi connectivity index (χ4n) is 6.42. The number of aryl methyl sites for hydroxylation is 1. The summed E-state index contributed by atoms with van der Waals surface area (Å²) in [6, 6.07) is 24.7. The van der Waals surface area contributed by atoms with Crippen LogP contribution in [0.4, 0.5) is 0 Å². The van der Waals surface area contributed by atoms with Crippen molar-refractivity contribution in [3.8, 4) is 11.1 Å². The molecular weight excluding hydrogens is 563 g/mol. The predicted molar refractivity (Wildman–Crippen MR) is 156 cm³/mol. The van der Waals surface area contributed by atoms with Crippen molar-refractivity contribution in [3.05, 3.63) is 106 Å². The van der Waals surface area contributed by atoms with E-state index in [1.54, 1.807) is 0 Å². The second-order valence-corrected chi connectivity index (χ2v) is 53.2. The summed E-state index contributed by atoms with van der Waals surface area (Å²) in [5.74, 6) is -1.45. The van der Waals surface area contributed by atoms with Gasteiger partial charge in [0.25, 0.3) is 0 Å². The van der Waals surface area contributed by atoms with Crippen LogP contribution in [-0.4, -0.2) is 5.92 Å². The van der Waals surface area contributed by atoms with Crippen LogP contribution in [0.15, 0.2) is 78.4 Å². The summed E-state index contributed by atoms with van der Waals surface area (Å²) < 4.78 is 0.345. The second-order valence-electron chi connectivity index (χ2n) is 10.6. The van der Waals surface area contributed by atoms with Gasteiger partial charge in [0.15, 0.2) is 0 Å². The van der Waals surface area contributed by atoms with E-state index in [9.17, 15) is 0 Å². The van der Waals surface area contributed by atoms with Gasteiger partial charge >= 0.3 is 221 Å². The number of rotatable bonds is 7. The van der Waals surface area contributed by atoms with Crippen molar-refractivity contribution in [3.63, 3.8) is 0 Å². The molecule has 5 rings (SSSR count). The number of hydrogen-bond acceptors (Lipinski definition) is 0. The minimum atomic E-state index is -4.46. The summed E-state index contributed by atoms with van der Waals surface area (Å²) in [4.78, 5) is 0. The SMILES string of the molecule is CCCc1ccc(-c2cccc3c2C=C(CC)[CH]3[Zr]([Cl])([Cl])([CH]2C=Cc3ccccc32)[SiH](C)C)cc1. The van der Waals surface area contributed by atoms with E-state index < -0.39 is 21.5 Å².